The summed E-state index contributed by atoms with van der Waals surface area (Å²) in [4.78, 5) is 24.0. The van der Waals surface area contributed by atoms with Gasteiger partial charge in [0.15, 0.2) is 9.84 Å². The van der Waals surface area contributed by atoms with E-state index in [1.165, 1.54) is 32.4 Å². The number of methoxy groups -OCH3 is 2. The standard InChI is InChI=1S/C18H19FN2O6S/c1-26-14-7-8-16(27-2)15(9-14)21-18(23)11-28(24,25)10-17(22)20-13-5-3-12(19)4-6-13/h3-9H,10-11H2,1-2H3,(H,20,22)(H,21,23). The van der Waals surface area contributed by atoms with Crippen molar-refractivity contribution in [1.82, 2.24) is 0 Å². The lowest BCUT2D eigenvalue weighted by molar-refractivity contribution is -0.114. The molecule has 0 aromatic heterocycles. The molecule has 0 heterocycles. The maximum absolute atomic E-state index is 12.8. The van der Waals surface area contributed by atoms with Gasteiger partial charge in [-0.2, -0.15) is 0 Å². The summed E-state index contributed by atoms with van der Waals surface area (Å²) >= 11 is 0. The SMILES string of the molecule is COc1ccc(OC)c(NC(=O)CS(=O)(=O)CC(=O)Nc2ccc(F)cc2)c1. The summed E-state index contributed by atoms with van der Waals surface area (Å²) in [5.41, 5.74) is 0.477. The van der Waals surface area contributed by atoms with Crippen LogP contribution in [0, 0.1) is 5.82 Å². The first-order chi connectivity index (χ1) is 13.2. The molecule has 2 rings (SSSR count). The van der Waals surface area contributed by atoms with Gasteiger partial charge in [-0.3, -0.25) is 9.59 Å². The lowest BCUT2D eigenvalue weighted by Crippen LogP contribution is -2.30. The van der Waals surface area contributed by atoms with Crippen molar-refractivity contribution in [2.45, 2.75) is 0 Å². The minimum Gasteiger partial charge on any atom is -0.497 e. The van der Waals surface area contributed by atoms with Crippen molar-refractivity contribution in [2.75, 3.05) is 36.4 Å². The van der Waals surface area contributed by atoms with Crippen molar-refractivity contribution < 1.29 is 31.9 Å². The molecule has 0 saturated carbocycles. The van der Waals surface area contributed by atoms with Crippen LogP contribution < -0.4 is 20.1 Å². The fraction of sp³-hybridized carbons (Fsp3) is 0.222. The molecule has 10 heteroatoms. The van der Waals surface area contributed by atoms with Gasteiger partial charge in [0.2, 0.25) is 11.8 Å². The first-order valence-corrected chi connectivity index (χ1v) is 9.82. The minimum atomic E-state index is -4.03. The third kappa shape index (κ3) is 6.23. The summed E-state index contributed by atoms with van der Waals surface area (Å²) in [5.74, 6) is -3.19. The van der Waals surface area contributed by atoms with Gasteiger partial charge in [0, 0.05) is 11.8 Å². The maximum Gasteiger partial charge on any atom is 0.239 e. The summed E-state index contributed by atoms with van der Waals surface area (Å²) in [6, 6.07) is 9.48. The van der Waals surface area contributed by atoms with Gasteiger partial charge in [-0.15, -0.1) is 0 Å². The average Bonchev–Trinajstić information content (AvgIpc) is 2.62. The minimum absolute atomic E-state index is 0.234. The molecule has 2 aromatic rings. The van der Waals surface area contributed by atoms with Crippen LogP contribution in [0.2, 0.25) is 0 Å². The van der Waals surface area contributed by atoms with Crippen LogP contribution in [-0.4, -0.2) is 46.0 Å². The average molecular weight is 410 g/mol. The molecule has 0 saturated heterocycles. The molecular weight excluding hydrogens is 391 g/mol. The van der Waals surface area contributed by atoms with Gasteiger partial charge in [0.25, 0.3) is 0 Å². The predicted octanol–water partition coefficient (Wildman–Crippen LogP) is 1.83. The van der Waals surface area contributed by atoms with Crippen LogP contribution in [-0.2, 0) is 19.4 Å². The van der Waals surface area contributed by atoms with Gasteiger partial charge < -0.3 is 20.1 Å². The van der Waals surface area contributed by atoms with Gasteiger partial charge >= 0.3 is 0 Å². The molecular formula is C18H19FN2O6S. The molecule has 0 spiro atoms. The van der Waals surface area contributed by atoms with Gasteiger partial charge in [-0.05, 0) is 36.4 Å². The number of hydrogen-bond acceptors (Lipinski definition) is 6. The Kier molecular flexibility index (Phi) is 6.94. The van der Waals surface area contributed by atoms with E-state index in [0.717, 1.165) is 12.1 Å². The number of sulfone groups is 1. The first-order valence-electron chi connectivity index (χ1n) is 8.00. The number of nitrogens with one attached hydrogen (secondary N) is 2. The zero-order valence-electron chi connectivity index (χ0n) is 15.2. The number of carbonyl (C=O) groups is 2. The zero-order valence-corrected chi connectivity index (χ0v) is 16.0. The summed E-state index contributed by atoms with van der Waals surface area (Å²) in [7, 11) is -1.20. The Morgan fingerprint density at radius 3 is 2.11 bits per heavy atom. The van der Waals surface area contributed by atoms with E-state index in [9.17, 15) is 22.4 Å². The number of ether oxygens (including phenoxy) is 2. The van der Waals surface area contributed by atoms with E-state index in [0.29, 0.717) is 11.5 Å². The van der Waals surface area contributed by atoms with E-state index in [1.807, 2.05) is 0 Å². The van der Waals surface area contributed by atoms with Crippen molar-refractivity contribution in [3.05, 3.63) is 48.3 Å². The van der Waals surface area contributed by atoms with Crippen molar-refractivity contribution >= 4 is 33.0 Å². The van der Waals surface area contributed by atoms with Crippen LogP contribution in [0.5, 0.6) is 11.5 Å². The first kappa shape index (κ1) is 21.2. The number of carbonyl (C=O) groups excluding carboxylic acids is 2. The molecule has 8 nitrogen and oxygen atoms in total. The highest BCUT2D eigenvalue weighted by atomic mass is 32.2. The molecule has 2 amide bonds. The van der Waals surface area contributed by atoms with Crippen molar-refractivity contribution in [1.29, 1.82) is 0 Å². The second-order valence-corrected chi connectivity index (χ2v) is 7.77. The molecule has 150 valence electrons. The Hall–Kier alpha value is -3.14. The van der Waals surface area contributed by atoms with E-state index in [1.54, 1.807) is 12.1 Å². The number of rotatable bonds is 8. The van der Waals surface area contributed by atoms with Crippen LogP contribution in [0.3, 0.4) is 0 Å². The Morgan fingerprint density at radius 2 is 1.54 bits per heavy atom. The lowest BCUT2D eigenvalue weighted by atomic mass is 10.2. The number of halogens is 1. The van der Waals surface area contributed by atoms with Gasteiger partial charge in [0.1, 0.15) is 28.8 Å². The summed E-state index contributed by atoms with van der Waals surface area (Å²) in [5, 5.41) is 4.75. The molecule has 0 aliphatic heterocycles. The van der Waals surface area contributed by atoms with Crippen LogP contribution >= 0.6 is 0 Å². The van der Waals surface area contributed by atoms with Crippen LogP contribution in [0.4, 0.5) is 15.8 Å². The van der Waals surface area contributed by atoms with Crippen LogP contribution in [0.1, 0.15) is 0 Å². The fourth-order valence-corrected chi connectivity index (χ4v) is 3.32. The molecule has 0 bridgehead atoms. The molecule has 2 aromatic carbocycles. The molecule has 28 heavy (non-hydrogen) atoms. The summed E-state index contributed by atoms with van der Waals surface area (Å²) in [6.07, 6.45) is 0. The van der Waals surface area contributed by atoms with E-state index in [4.69, 9.17) is 9.47 Å². The monoisotopic (exact) mass is 410 g/mol. The Balaban J connectivity index is 1.98. The smallest absolute Gasteiger partial charge is 0.239 e. The molecule has 0 unspecified atom stereocenters. The Morgan fingerprint density at radius 1 is 0.929 bits per heavy atom. The van der Waals surface area contributed by atoms with Crippen molar-refractivity contribution in [2.24, 2.45) is 0 Å². The topological polar surface area (TPSA) is 111 Å². The van der Waals surface area contributed by atoms with E-state index in [2.05, 4.69) is 10.6 Å². The fourth-order valence-electron chi connectivity index (χ4n) is 2.28. The van der Waals surface area contributed by atoms with Crippen molar-refractivity contribution in [3.8, 4) is 11.5 Å². The number of hydrogen-bond donors (Lipinski definition) is 2. The molecule has 0 atom stereocenters. The van der Waals surface area contributed by atoms with Crippen LogP contribution in [0.25, 0.3) is 0 Å². The molecule has 0 fully saturated rings. The zero-order chi connectivity index (χ0) is 20.7. The van der Waals surface area contributed by atoms with Gasteiger partial charge in [0.05, 0.1) is 19.9 Å². The second kappa shape index (κ2) is 9.18. The van der Waals surface area contributed by atoms with Crippen molar-refractivity contribution in [3.63, 3.8) is 0 Å². The summed E-state index contributed by atoms with van der Waals surface area (Å²) < 4.78 is 47.3. The van der Waals surface area contributed by atoms with Crippen LogP contribution in [0.15, 0.2) is 42.5 Å². The third-order valence-corrected chi connectivity index (χ3v) is 4.91. The lowest BCUT2D eigenvalue weighted by Gasteiger charge is -2.12. The molecule has 2 N–H and O–H groups in total. The highest BCUT2D eigenvalue weighted by Gasteiger charge is 2.22. The largest absolute Gasteiger partial charge is 0.497 e. The number of amides is 2. The Labute approximate surface area is 161 Å². The Bertz CT molecular complexity index is 961. The highest BCUT2D eigenvalue weighted by Crippen LogP contribution is 2.28. The quantitative estimate of drug-likeness (QED) is 0.687. The van der Waals surface area contributed by atoms with E-state index < -0.39 is 39.0 Å². The second-order valence-electron chi connectivity index (χ2n) is 5.70. The number of benzene rings is 2. The van der Waals surface area contributed by atoms with Gasteiger partial charge in [-0.25, -0.2) is 12.8 Å². The third-order valence-electron chi connectivity index (χ3n) is 3.51. The van der Waals surface area contributed by atoms with Gasteiger partial charge in [-0.1, -0.05) is 0 Å². The normalized spacial score (nSPS) is 10.8. The molecule has 0 aliphatic carbocycles. The summed E-state index contributed by atoms with van der Waals surface area (Å²) in [6.45, 7) is 0. The predicted molar refractivity (Wildman–Crippen MR) is 102 cm³/mol. The molecule has 0 aliphatic rings. The number of anilines is 2. The maximum atomic E-state index is 12.8. The molecule has 0 radical (unpaired) electrons. The van der Waals surface area contributed by atoms with E-state index in [-0.39, 0.29) is 11.4 Å². The van der Waals surface area contributed by atoms with E-state index >= 15 is 0 Å². The highest BCUT2D eigenvalue weighted by molar-refractivity contribution is 7.92.